The molecule has 144 valence electrons. The Bertz CT molecular complexity index is 762. The van der Waals surface area contributed by atoms with Gasteiger partial charge in [0, 0.05) is 32.7 Å². The van der Waals surface area contributed by atoms with Crippen LogP contribution < -0.4 is 5.32 Å². The molecule has 1 N–H and O–H groups in total. The van der Waals surface area contributed by atoms with Crippen LogP contribution in [0.1, 0.15) is 35.5 Å². The largest absolute Gasteiger partial charge is 0.459 e. The van der Waals surface area contributed by atoms with Gasteiger partial charge < -0.3 is 19.5 Å². The number of piperazine rings is 1. The van der Waals surface area contributed by atoms with Crippen LogP contribution >= 0.6 is 0 Å². The van der Waals surface area contributed by atoms with Crippen LogP contribution in [-0.4, -0.2) is 54.4 Å². The second-order valence-electron chi connectivity index (χ2n) is 6.55. The van der Waals surface area contributed by atoms with Crippen molar-refractivity contribution in [2.45, 2.75) is 26.8 Å². The molecule has 0 aliphatic carbocycles. The maximum Gasteiger partial charge on any atom is 0.289 e. The molecule has 27 heavy (non-hydrogen) atoms. The molecule has 2 aromatic rings. The van der Waals surface area contributed by atoms with Gasteiger partial charge in [-0.1, -0.05) is 31.2 Å². The average Bonchev–Trinajstić information content (AvgIpc) is 3.26. The zero-order chi connectivity index (χ0) is 19.1. The Hall–Kier alpha value is -2.76. The molecule has 0 unspecified atom stereocenters. The number of carbonyl (C=O) groups is 1. The number of hydrogen-bond donors (Lipinski definition) is 1. The third-order valence-corrected chi connectivity index (χ3v) is 4.83. The second kappa shape index (κ2) is 9.26. The molecule has 1 fully saturated rings. The molecule has 3 rings (SSSR count). The van der Waals surface area contributed by atoms with Gasteiger partial charge in [0.05, 0.1) is 12.8 Å². The minimum atomic E-state index is -0.0431. The van der Waals surface area contributed by atoms with Crippen molar-refractivity contribution in [2.75, 3.05) is 32.7 Å². The van der Waals surface area contributed by atoms with E-state index < -0.39 is 0 Å². The van der Waals surface area contributed by atoms with E-state index in [1.54, 1.807) is 12.1 Å². The number of hydrogen-bond acceptors (Lipinski definition) is 3. The van der Waals surface area contributed by atoms with Gasteiger partial charge in [0.1, 0.15) is 0 Å². The molecule has 1 aliphatic rings. The Morgan fingerprint density at radius 2 is 1.74 bits per heavy atom. The molecule has 1 saturated heterocycles. The van der Waals surface area contributed by atoms with Gasteiger partial charge in [-0.15, -0.1) is 0 Å². The Morgan fingerprint density at radius 1 is 1.04 bits per heavy atom. The van der Waals surface area contributed by atoms with Gasteiger partial charge in [0.25, 0.3) is 5.91 Å². The molecule has 6 nitrogen and oxygen atoms in total. The lowest BCUT2D eigenvalue weighted by Crippen LogP contribution is -2.53. The van der Waals surface area contributed by atoms with Crippen molar-refractivity contribution in [3.63, 3.8) is 0 Å². The summed E-state index contributed by atoms with van der Waals surface area (Å²) in [5.41, 5.74) is 2.60. The first-order valence-corrected chi connectivity index (χ1v) is 9.65. The van der Waals surface area contributed by atoms with Crippen molar-refractivity contribution >= 4 is 11.9 Å². The van der Waals surface area contributed by atoms with Crippen molar-refractivity contribution in [1.29, 1.82) is 0 Å². The van der Waals surface area contributed by atoms with Gasteiger partial charge >= 0.3 is 0 Å². The molecule has 1 aliphatic heterocycles. The molecular weight excluding hydrogens is 340 g/mol. The number of benzene rings is 1. The highest BCUT2D eigenvalue weighted by molar-refractivity contribution is 5.91. The van der Waals surface area contributed by atoms with Crippen LogP contribution in [0.3, 0.4) is 0 Å². The number of aryl methyl sites for hydroxylation is 1. The first kappa shape index (κ1) is 19.0. The molecule has 2 heterocycles. The lowest BCUT2D eigenvalue weighted by Gasteiger charge is -2.36. The van der Waals surface area contributed by atoms with Crippen molar-refractivity contribution in [3.05, 3.63) is 59.5 Å². The van der Waals surface area contributed by atoms with E-state index in [1.165, 1.54) is 17.4 Å². The third kappa shape index (κ3) is 4.70. The van der Waals surface area contributed by atoms with E-state index in [-0.39, 0.29) is 5.91 Å². The summed E-state index contributed by atoms with van der Waals surface area (Å²) >= 11 is 0. The summed E-state index contributed by atoms with van der Waals surface area (Å²) in [5, 5.41) is 3.39. The summed E-state index contributed by atoms with van der Waals surface area (Å²) in [6.45, 7) is 8.57. The number of furan rings is 1. The second-order valence-corrected chi connectivity index (χ2v) is 6.55. The molecule has 0 saturated carbocycles. The maximum atomic E-state index is 12.4. The standard InChI is InChI=1S/C21H28N4O2/c1-3-17-8-5-6-9-18(17)16-23-21(22-4-2)25-13-11-24(12-14-25)20(26)19-10-7-15-27-19/h5-10,15H,3-4,11-14,16H2,1-2H3,(H,22,23). The Kier molecular flexibility index (Phi) is 6.52. The highest BCUT2D eigenvalue weighted by Gasteiger charge is 2.25. The predicted octanol–water partition coefficient (Wildman–Crippen LogP) is 2.77. The Morgan fingerprint density at radius 3 is 2.37 bits per heavy atom. The van der Waals surface area contributed by atoms with Crippen LogP contribution in [-0.2, 0) is 13.0 Å². The Labute approximate surface area is 160 Å². The first-order chi connectivity index (χ1) is 13.2. The highest BCUT2D eigenvalue weighted by Crippen LogP contribution is 2.12. The SMILES string of the molecule is CCNC(=NCc1ccccc1CC)N1CCN(C(=O)c2ccco2)CC1. The quantitative estimate of drug-likeness (QED) is 0.651. The number of aliphatic imine (C=N–C) groups is 1. The van der Waals surface area contributed by atoms with Crippen LogP contribution in [0.15, 0.2) is 52.1 Å². The first-order valence-electron chi connectivity index (χ1n) is 9.65. The van der Waals surface area contributed by atoms with Crippen LogP contribution in [0.5, 0.6) is 0 Å². The summed E-state index contributed by atoms with van der Waals surface area (Å²) in [6, 6.07) is 11.9. The van der Waals surface area contributed by atoms with Crippen LogP contribution in [0.4, 0.5) is 0 Å². The zero-order valence-corrected chi connectivity index (χ0v) is 16.1. The number of guanidine groups is 1. The topological polar surface area (TPSA) is 61.1 Å². The summed E-state index contributed by atoms with van der Waals surface area (Å²) in [7, 11) is 0. The molecule has 0 bridgehead atoms. The molecule has 0 atom stereocenters. The lowest BCUT2D eigenvalue weighted by atomic mass is 10.1. The van der Waals surface area contributed by atoms with Gasteiger partial charge in [0.15, 0.2) is 11.7 Å². The van der Waals surface area contributed by atoms with Gasteiger partial charge in [-0.3, -0.25) is 4.79 Å². The fourth-order valence-corrected chi connectivity index (χ4v) is 3.32. The average molecular weight is 368 g/mol. The summed E-state index contributed by atoms with van der Waals surface area (Å²) in [4.78, 5) is 21.3. The van der Waals surface area contributed by atoms with Gasteiger partial charge in [0.2, 0.25) is 0 Å². The van der Waals surface area contributed by atoms with Crippen LogP contribution in [0, 0.1) is 0 Å². The molecular formula is C21H28N4O2. The van der Waals surface area contributed by atoms with Gasteiger partial charge in [-0.25, -0.2) is 4.99 Å². The third-order valence-electron chi connectivity index (χ3n) is 4.83. The van der Waals surface area contributed by atoms with E-state index in [0.717, 1.165) is 32.0 Å². The predicted molar refractivity (Wildman–Crippen MR) is 107 cm³/mol. The fraction of sp³-hybridized carbons (Fsp3) is 0.429. The summed E-state index contributed by atoms with van der Waals surface area (Å²) in [6.07, 6.45) is 2.54. The van der Waals surface area contributed by atoms with E-state index in [0.29, 0.717) is 25.4 Å². The number of carbonyl (C=O) groups excluding carboxylic acids is 1. The smallest absolute Gasteiger partial charge is 0.289 e. The van der Waals surface area contributed by atoms with E-state index >= 15 is 0 Å². The van der Waals surface area contributed by atoms with E-state index in [9.17, 15) is 4.79 Å². The molecule has 0 spiro atoms. The molecule has 1 aromatic heterocycles. The minimum absolute atomic E-state index is 0.0431. The van der Waals surface area contributed by atoms with Crippen LogP contribution in [0.25, 0.3) is 0 Å². The molecule has 6 heteroatoms. The van der Waals surface area contributed by atoms with Crippen molar-refractivity contribution in [3.8, 4) is 0 Å². The number of nitrogens with zero attached hydrogens (tertiary/aromatic N) is 3. The van der Waals surface area contributed by atoms with E-state index in [2.05, 4.69) is 48.3 Å². The van der Waals surface area contributed by atoms with Gasteiger partial charge in [-0.05, 0) is 36.6 Å². The fourth-order valence-electron chi connectivity index (χ4n) is 3.32. The normalized spacial score (nSPS) is 15.1. The number of amides is 1. The lowest BCUT2D eigenvalue weighted by molar-refractivity contribution is 0.0657. The Balaban J connectivity index is 1.63. The zero-order valence-electron chi connectivity index (χ0n) is 16.1. The number of nitrogens with one attached hydrogen (secondary N) is 1. The van der Waals surface area contributed by atoms with Crippen molar-refractivity contribution in [1.82, 2.24) is 15.1 Å². The highest BCUT2D eigenvalue weighted by atomic mass is 16.3. The van der Waals surface area contributed by atoms with E-state index in [1.807, 2.05) is 4.90 Å². The molecule has 1 amide bonds. The number of rotatable bonds is 5. The maximum absolute atomic E-state index is 12.4. The van der Waals surface area contributed by atoms with Gasteiger partial charge in [-0.2, -0.15) is 0 Å². The summed E-state index contributed by atoms with van der Waals surface area (Å²) in [5.74, 6) is 1.27. The van der Waals surface area contributed by atoms with Crippen LogP contribution in [0.2, 0.25) is 0 Å². The minimum Gasteiger partial charge on any atom is -0.459 e. The van der Waals surface area contributed by atoms with E-state index in [4.69, 9.17) is 9.41 Å². The molecule has 1 aromatic carbocycles. The van der Waals surface area contributed by atoms with Crippen molar-refractivity contribution < 1.29 is 9.21 Å². The molecule has 0 radical (unpaired) electrons. The monoisotopic (exact) mass is 368 g/mol. The summed E-state index contributed by atoms with van der Waals surface area (Å²) < 4.78 is 5.23. The van der Waals surface area contributed by atoms with Crippen molar-refractivity contribution in [2.24, 2.45) is 4.99 Å².